The van der Waals surface area contributed by atoms with Crippen molar-refractivity contribution in [2.24, 2.45) is 5.73 Å². The van der Waals surface area contributed by atoms with Crippen molar-refractivity contribution in [3.8, 4) is 0 Å². The van der Waals surface area contributed by atoms with Gasteiger partial charge in [-0.05, 0) is 52.7 Å². The summed E-state index contributed by atoms with van der Waals surface area (Å²) in [5.74, 6) is 0. The molecule has 1 amide bonds. The topological polar surface area (TPSA) is 136 Å². The van der Waals surface area contributed by atoms with E-state index in [1.54, 1.807) is 20.8 Å². The highest BCUT2D eigenvalue weighted by Crippen LogP contribution is 2.20. The number of sulfonamides is 1. The Morgan fingerprint density at radius 1 is 1.19 bits per heavy atom. The molecule has 1 atom stereocenters. The quantitative estimate of drug-likeness (QED) is 0.397. The number of carbonyl (C=O) groups is 1. The first-order chi connectivity index (χ1) is 14.3. The molecule has 176 valence electrons. The van der Waals surface area contributed by atoms with Crippen molar-refractivity contribution in [1.82, 2.24) is 9.21 Å². The summed E-state index contributed by atoms with van der Waals surface area (Å²) in [5.41, 5.74) is 5.39. The second-order valence-corrected chi connectivity index (χ2v) is 10.2. The van der Waals surface area contributed by atoms with Crippen LogP contribution in [0.2, 0.25) is 0 Å². The molecule has 0 bridgehead atoms. The van der Waals surface area contributed by atoms with E-state index in [2.05, 4.69) is 0 Å². The van der Waals surface area contributed by atoms with Crippen LogP contribution in [0.3, 0.4) is 0 Å². The van der Waals surface area contributed by atoms with Crippen molar-refractivity contribution in [2.45, 2.75) is 64.0 Å². The van der Waals surface area contributed by atoms with Gasteiger partial charge >= 0.3 is 6.09 Å². The van der Waals surface area contributed by atoms with Crippen LogP contribution in [0.1, 0.15) is 47.5 Å². The fraction of sp³-hybridized carbons (Fsp3) is 0.650. The molecular weight excluding hydrogens is 424 g/mol. The van der Waals surface area contributed by atoms with Crippen molar-refractivity contribution in [2.75, 3.05) is 26.2 Å². The normalized spacial score (nSPS) is 13.1. The van der Waals surface area contributed by atoms with E-state index in [-0.39, 0.29) is 30.2 Å². The van der Waals surface area contributed by atoms with E-state index in [1.165, 1.54) is 33.5 Å². The predicted molar refractivity (Wildman–Crippen MR) is 118 cm³/mol. The number of nitrogens with zero attached hydrogens (tertiary/aromatic N) is 3. The van der Waals surface area contributed by atoms with Crippen LogP contribution in [0.15, 0.2) is 29.2 Å². The van der Waals surface area contributed by atoms with Gasteiger partial charge < -0.3 is 15.4 Å². The molecule has 1 aromatic carbocycles. The van der Waals surface area contributed by atoms with E-state index < -0.39 is 32.7 Å². The number of ether oxygens (including phenoxy) is 1. The van der Waals surface area contributed by atoms with Crippen molar-refractivity contribution >= 4 is 21.8 Å². The Morgan fingerprint density at radius 2 is 1.77 bits per heavy atom. The molecule has 2 N–H and O–H groups in total. The Morgan fingerprint density at radius 3 is 2.23 bits per heavy atom. The number of carbonyl (C=O) groups excluding carboxylic acids is 1. The summed E-state index contributed by atoms with van der Waals surface area (Å²) in [5, 5.41) is 10.8. The van der Waals surface area contributed by atoms with Crippen molar-refractivity contribution in [3.05, 3.63) is 34.4 Å². The molecule has 0 radical (unpaired) electrons. The number of rotatable bonds is 11. The molecule has 1 rings (SSSR count). The summed E-state index contributed by atoms with van der Waals surface area (Å²) < 4.78 is 32.7. The van der Waals surface area contributed by atoms with Gasteiger partial charge in [-0.2, -0.15) is 4.31 Å². The lowest BCUT2D eigenvalue weighted by atomic mass is 10.2. The molecule has 0 aliphatic heterocycles. The van der Waals surface area contributed by atoms with E-state index in [0.29, 0.717) is 19.4 Å². The van der Waals surface area contributed by atoms with Gasteiger partial charge in [-0.1, -0.05) is 6.92 Å². The standard InChI is InChI=1S/C20H34N4O6S/c1-6-13-23(31(28,29)18-10-8-17(9-11-18)24(26)27)14-12-16(21)15-22(7-2)19(25)30-20(3,4)5/h8-11,16H,6-7,12-15,21H2,1-5H3. The Bertz CT molecular complexity index is 836. The molecule has 0 aliphatic rings. The molecule has 0 saturated carbocycles. The highest BCUT2D eigenvalue weighted by Gasteiger charge is 2.26. The van der Waals surface area contributed by atoms with Crippen molar-refractivity contribution in [1.29, 1.82) is 0 Å². The molecule has 11 heteroatoms. The lowest BCUT2D eigenvalue weighted by molar-refractivity contribution is -0.384. The Kier molecular flexibility index (Phi) is 9.85. The van der Waals surface area contributed by atoms with Crippen molar-refractivity contribution < 1.29 is 22.9 Å². The Hall–Kier alpha value is -2.24. The third-order valence-corrected chi connectivity index (χ3v) is 6.31. The molecule has 0 heterocycles. The number of non-ortho nitro benzene ring substituents is 1. The molecule has 31 heavy (non-hydrogen) atoms. The summed E-state index contributed by atoms with van der Waals surface area (Å²) >= 11 is 0. The van der Waals surface area contributed by atoms with Crippen LogP contribution in [0.4, 0.5) is 10.5 Å². The van der Waals surface area contributed by atoms with E-state index in [9.17, 15) is 23.3 Å². The van der Waals surface area contributed by atoms with Crippen molar-refractivity contribution in [3.63, 3.8) is 0 Å². The second-order valence-electron chi connectivity index (χ2n) is 8.22. The van der Waals surface area contributed by atoms with Gasteiger partial charge in [-0.15, -0.1) is 0 Å². The molecule has 1 aromatic rings. The van der Waals surface area contributed by atoms with Gasteiger partial charge in [-0.3, -0.25) is 10.1 Å². The molecule has 1 unspecified atom stereocenters. The summed E-state index contributed by atoms with van der Waals surface area (Å²) in [6, 6.07) is 4.36. The number of nitro benzene ring substituents is 1. The van der Waals surface area contributed by atoms with Gasteiger partial charge in [0.25, 0.3) is 5.69 Å². The molecule has 0 spiro atoms. The van der Waals surface area contributed by atoms with E-state index in [0.717, 1.165) is 0 Å². The van der Waals surface area contributed by atoms with Gasteiger partial charge in [0.1, 0.15) is 5.60 Å². The average Bonchev–Trinajstić information content (AvgIpc) is 2.67. The van der Waals surface area contributed by atoms with Crippen LogP contribution in [0.25, 0.3) is 0 Å². The number of likely N-dealkylation sites (N-methyl/N-ethyl adjacent to an activating group) is 1. The number of nitro groups is 1. The zero-order valence-corrected chi connectivity index (χ0v) is 19.7. The maximum absolute atomic E-state index is 13.0. The van der Waals surface area contributed by atoms with Gasteiger partial charge in [0.2, 0.25) is 10.0 Å². The summed E-state index contributed by atoms with van der Waals surface area (Å²) in [6.45, 7) is 10.1. The highest BCUT2D eigenvalue weighted by molar-refractivity contribution is 7.89. The molecule has 0 aliphatic carbocycles. The summed E-state index contributed by atoms with van der Waals surface area (Å²) in [6.07, 6.45) is 0.473. The van der Waals surface area contributed by atoms with Crippen LogP contribution in [-0.2, 0) is 14.8 Å². The third kappa shape index (κ3) is 8.42. The first-order valence-corrected chi connectivity index (χ1v) is 11.7. The number of nitrogens with two attached hydrogens (primary N) is 1. The van der Waals surface area contributed by atoms with Crippen LogP contribution < -0.4 is 5.73 Å². The third-order valence-electron chi connectivity index (χ3n) is 4.40. The summed E-state index contributed by atoms with van der Waals surface area (Å²) in [7, 11) is -3.83. The average molecular weight is 459 g/mol. The number of amides is 1. The molecule has 0 aromatic heterocycles. The Labute approximate surface area is 184 Å². The first-order valence-electron chi connectivity index (χ1n) is 10.3. The van der Waals surface area contributed by atoms with Gasteiger partial charge in [-0.25, -0.2) is 13.2 Å². The minimum Gasteiger partial charge on any atom is -0.444 e. The largest absolute Gasteiger partial charge is 0.444 e. The lowest BCUT2D eigenvalue weighted by Crippen LogP contribution is -2.45. The van der Waals surface area contributed by atoms with Gasteiger partial charge in [0.15, 0.2) is 0 Å². The zero-order chi connectivity index (χ0) is 23.8. The van der Waals surface area contributed by atoms with E-state index in [4.69, 9.17) is 10.5 Å². The first kappa shape index (κ1) is 26.8. The fourth-order valence-corrected chi connectivity index (χ4v) is 4.38. The number of benzene rings is 1. The molecular formula is C20H34N4O6S. The fourth-order valence-electron chi connectivity index (χ4n) is 2.83. The lowest BCUT2D eigenvalue weighted by Gasteiger charge is -2.29. The predicted octanol–water partition coefficient (Wildman–Crippen LogP) is 2.97. The minimum atomic E-state index is -3.83. The van der Waals surface area contributed by atoms with Gasteiger partial charge in [0.05, 0.1) is 9.82 Å². The molecule has 0 fully saturated rings. The molecule has 0 saturated heterocycles. The summed E-state index contributed by atoms with van der Waals surface area (Å²) in [4.78, 5) is 24.0. The minimum absolute atomic E-state index is 0.0101. The Balaban J connectivity index is 2.83. The number of hydrogen-bond donors (Lipinski definition) is 1. The maximum atomic E-state index is 13.0. The smallest absolute Gasteiger partial charge is 0.410 e. The van der Waals surface area contributed by atoms with E-state index >= 15 is 0 Å². The monoisotopic (exact) mass is 458 g/mol. The van der Waals surface area contributed by atoms with Crippen LogP contribution >= 0.6 is 0 Å². The van der Waals surface area contributed by atoms with E-state index in [1.807, 2.05) is 13.8 Å². The highest BCUT2D eigenvalue weighted by atomic mass is 32.2. The number of hydrogen-bond acceptors (Lipinski definition) is 7. The van der Waals surface area contributed by atoms with Gasteiger partial charge in [0, 0.05) is 44.4 Å². The van der Waals surface area contributed by atoms with Crippen LogP contribution in [0, 0.1) is 10.1 Å². The second kappa shape index (κ2) is 11.4. The van der Waals surface area contributed by atoms with Crippen LogP contribution in [0.5, 0.6) is 0 Å². The zero-order valence-electron chi connectivity index (χ0n) is 18.9. The van der Waals surface area contributed by atoms with Crippen LogP contribution in [-0.4, -0.2) is 66.5 Å². The maximum Gasteiger partial charge on any atom is 0.410 e. The SMILES string of the molecule is CCCN(CCC(N)CN(CC)C(=O)OC(C)(C)C)S(=O)(=O)c1ccc([N+](=O)[O-])cc1. The molecule has 10 nitrogen and oxygen atoms in total.